The van der Waals surface area contributed by atoms with Crippen LogP contribution in [0.1, 0.15) is 48.1 Å². The minimum absolute atomic E-state index is 0.123. The molecule has 1 aromatic heterocycles. The Morgan fingerprint density at radius 1 is 1.03 bits per heavy atom. The van der Waals surface area contributed by atoms with E-state index >= 15 is 0 Å². The third kappa shape index (κ3) is 6.06. The van der Waals surface area contributed by atoms with E-state index in [1.807, 2.05) is 56.3 Å². The normalized spacial score (nSPS) is 11.6. The van der Waals surface area contributed by atoms with Gasteiger partial charge in [-0.15, -0.1) is 0 Å². The van der Waals surface area contributed by atoms with Gasteiger partial charge in [0, 0.05) is 18.9 Å². The molecule has 2 aromatic carbocycles. The van der Waals surface area contributed by atoms with Gasteiger partial charge in [-0.25, -0.2) is 0 Å². The Balaban J connectivity index is 1.63. The van der Waals surface area contributed by atoms with Gasteiger partial charge in [-0.2, -0.15) is 0 Å². The smallest absolute Gasteiger partial charge is 0.257 e. The Bertz CT molecular complexity index is 1020. The summed E-state index contributed by atoms with van der Waals surface area (Å²) in [5.74, 6) is 1.92. The van der Waals surface area contributed by atoms with Crippen molar-refractivity contribution in [1.29, 1.82) is 0 Å². The van der Waals surface area contributed by atoms with E-state index in [9.17, 15) is 4.79 Å². The molecule has 6 heteroatoms. The predicted octanol–water partition coefficient (Wildman–Crippen LogP) is 5.93. The molecule has 0 saturated carbocycles. The zero-order chi connectivity index (χ0) is 22.2. The average Bonchev–Trinajstić information content (AvgIpc) is 2.78. The van der Waals surface area contributed by atoms with E-state index in [0.29, 0.717) is 35.1 Å². The first kappa shape index (κ1) is 22.3. The molecule has 0 saturated heterocycles. The molecule has 31 heavy (non-hydrogen) atoms. The minimum Gasteiger partial charge on any atom is -0.493 e. The fourth-order valence-electron chi connectivity index (χ4n) is 2.96. The number of carbonyl (C=O) groups is 1. The molecular weight excluding hydrogens is 392 g/mol. The molecule has 0 bridgehead atoms. The maximum Gasteiger partial charge on any atom is 0.257 e. The van der Waals surface area contributed by atoms with Crippen LogP contribution in [0, 0.1) is 6.92 Å². The Morgan fingerprint density at radius 3 is 2.45 bits per heavy atom. The predicted molar refractivity (Wildman–Crippen MR) is 121 cm³/mol. The first-order valence-electron chi connectivity index (χ1n) is 10.3. The second-order valence-corrected chi connectivity index (χ2v) is 7.15. The van der Waals surface area contributed by atoms with Crippen LogP contribution in [0.3, 0.4) is 0 Å². The number of hydrogen-bond acceptors (Lipinski definition) is 5. The number of methoxy groups -OCH3 is 1. The lowest BCUT2D eigenvalue weighted by Crippen LogP contribution is -2.15. The van der Waals surface area contributed by atoms with Gasteiger partial charge in [-0.05, 0) is 68.8 Å². The van der Waals surface area contributed by atoms with Gasteiger partial charge in [0.1, 0.15) is 17.2 Å². The number of benzene rings is 2. The molecule has 0 spiro atoms. The summed E-state index contributed by atoms with van der Waals surface area (Å²) in [5.41, 5.74) is 2.65. The standard InChI is InChI=1S/C25H28N2O4/c1-5-15-30-21-7-6-8-22(16-21)31-20-11-9-19(10-12-20)27-25(28)23-13-14-24(18(3)29-4)26-17(23)2/h6-14,16,18H,5,15H2,1-4H3,(H,27,28). The summed E-state index contributed by atoms with van der Waals surface area (Å²) in [6.07, 6.45) is 0.826. The second kappa shape index (κ2) is 10.6. The van der Waals surface area contributed by atoms with Gasteiger partial charge in [0.2, 0.25) is 0 Å². The maximum atomic E-state index is 12.7. The van der Waals surface area contributed by atoms with E-state index in [1.54, 1.807) is 25.3 Å². The molecule has 0 aliphatic rings. The molecule has 0 fully saturated rings. The number of hydrogen-bond donors (Lipinski definition) is 1. The first-order valence-corrected chi connectivity index (χ1v) is 10.3. The number of rotatable bonds is 9. The molecule has 6 nitrogen and oxygen atoms in total. The highest BCUT2D eigenvalue weighted by molar-refractivity contribution is 6.05. The molecule has 1 heterocycles. The van der Waals surface area contributed by atoms with Crippen LogP contribution in [0.25, 0.3) is 0 Å². The average molecular weight is 421 g/mol. The molecule has 0 radical (unpaired) electrons. The van der Waals surface area contributed by atoms with Crippen LogP contribution in [0.2, 0.25) is 0 Å². The van der Waals surface area contributed by atoms with Crippen molar-refractivity contribution in [2.45, 2.75) is 33.3 Å². The lowest BCUT2D eigenvalue weighted by atomic mass is 10.1. The van der Waals surface area contributed by atoms with Gasteiger partial charge in [-0.3, -0.25) is 9.78 Å². The van der Waals surface area contributed by atoms with E-state index in [0.717, 1.165) is 17.9 Å². The van der Waals surface area contributed by atoms with Crippen molar-refractivity contribution in [3.8, 4) is 17.2 Å². The molecule has 0 aliphatic carbocycles. The van der Waals surface area contributed by atoms with E-state index in [-0.39, 0.29) is 12.0 Å². The molecule has 1 amide bonds. The number of amides is 1. The Morgan fingerprint density at radius 2 is 1.77 bits per heavy atom. The monoisotopic (exact) mass is 420 g/mol. The minimum atomic E-state index is -0.212. The van der Waals surface area contributed by atoms with Crippen molar-refractivity contribution < 1.29 is 19.0 Å². The van der Waals surface area contributed by atoms with Crippen LogP contribution in [0.15, 0.2) is 60.7 Å². The van der Waals surface area contributed by atoms with Crippen molar-refractivity contribution in [2.24, 2.45) is 0 Å². The van der Waals surface area contributed by atoms with Gasteiger partial charge < -0.3 is 19.5 Å². The van der Waals surface area contributed by atoms with Gasteiger partial charge >= 0.3 is 0 Å². The number of nitrogens with zero attached hydrogens (tertiary/aromatic N) is 1. The van der Waals surface area contributed by atoms with Crippen molar-refractivity contribution in [3.05, 3.63) is 77.6 Å². The molecule has 0 aliphatic heterocycles. The van der Waals surface area contributed by atoms with E-state index in [2.05, 4.69) is 17.2 Å². The van der Waals surface area contributed by atoms with E-state index < -0.39 is 0 Å². The van der Waals surface area contributed by atoms with Crippen molar-refractivity contribution in [2.75, 3.05) is 19.0 Å². The van der Waals surface area contributed by atoms with Crippen molar-refractivity contribution >= 4 is 11.6 Å². The highest BCUT2D eigenvalue weighted by Crippen LogP contribution is 2.26. The number of anilines is 1. The molecule has 1 unspecified atom stereocenters. The van der Waals surface area contributed by atoms with Gasteiger partial charge in [0.05, 0.1) is 29.7 Å². The van der Waals surface area contributed by atoms with Crippen LogP contribution >= 0.6 is 0 Å². The van der Waals surface area contributed by atoms with E-state index in [1.165, 1.54) is 0 Å². The van der Waals surface area contributed by atoms with Crippen LogP contribution in [0.4, 0.5) is 5.69 Å². The first-order chi connectivity index (χ1) is 15.0. The highest BCUT2D eigenvalue weighted by atomic mass is 16.5. The lowest BCUT2D eigenvalue weighted by molar-refractivity contribution is 0.102. The number of carbonyl (C=O) groups excluding carboxylic acids is 1. The molecule has 3 rings (SSSR count). The SMILES string of the molecule is CCCOc1cccc(Oc2ccc(NC(=O)c3ccc(C(C)OC)nc3C)cc2)c1. The molecule has 1 N–H and O–H groups in total. The molecular formula is C25H28N2O4. The lowest BCUT2D eigenvalue weighted by Gasteiger charge is -2.13. The Hall–Kier alpha value is -3.38. The number of nitrogens with one attached hydrogen (secondary N) is 1. The zero-order valence-corrected chi connectivity index (χ0v) is 18.3. The summed E-state index contributed by atoms with van der Waals surface area (Å²) in [7, 11) is 1.63. The zero-order valence-electron chi connectivity index (χ0n) is 18.3. The molecule has 3 aromatic rings. The summed E-state index contributed by atoms with van der Waals surface area (Å²) in [6, 6.07) is 18.3. The largest absolute Gasteiger partial charge is 0.493 e. The summed E-state index contributed by atoms with van der Waals surface area (Å²) >= 11 is 0. The van der Waals surface area contributed by atoms with Crippen LogP contribution < -0.4 is 14.8 Å². The number of ether oxygens (including phenoxy) is 3. The summed E-state index contributed by atoms with van der Waals surface area (Å²) in [5, 5.41) is 2.90. The topological polar surface area (TPSA) is 69.7 Å². The third-order valence-electron chi connectivity index (χ3n) is 4.75. The van der Waals surface area contributed by atoms with Gasteiger partial charge in [0.25, 0.3) is 5.91 Å². The second-order valence-electron chi connectivity index (χ2n) is 7.15. The fourth-order valence-corrected chi connectivity index (χ4v) is 2.96. The van der Waals surface area contributed by atoms with Crippen molar-refractivity contribution in [1.82, 2.24) is 4.98 Å². The summed E-state index contributed by atoms with van der Waals surface area (Å²) in [6.45, 7) is 6.46. The summed E-state index contributed by atoms with van der Waals surface area (Å²) in [4.78, 5) is 17.1. The third-order valence-corrected chi connectivity index (χ3v) is 4.75. The number of aryl methyl sites for hydroxylation is 1. The Kier molecular flexibility index (Phi) is 7.62. The number of pyridine rings is 1. The molecule has 1 atom stereocenters. The maximum absolute atomic E-state index is 12.7. The highest BCUT2D eigenvalue weighted by Gasteiger charge is 2.13. The van der Waals surface area contributed by atoms with Gasteiger partial charge in [-0.1, -0.05) is 13.0 Å². The van der Waals surface area contributed by atoms with E-state index in [4.69, 9.17) is 14.2 Å². The fraction of sp³-hybridized carbons (Fsp3) is 0.280. The number of aromatic nitrogens is 1. The molecule has 162 valence electrons. The van der Waals surface area contributed by atoms with Crippen LogP contribution in [-0.4, -0.2) is 24.6 Å². The quantitative estimate of drug-likeness (QED) is 0.464. The van der Waals surface area contributed by atoms with Crippen LogP contribution in [0.5, 0.6) is 17.2 Å². The van der Waals surface area contributed by atoms with Gasteiger partial charge in [0.15, 0.2) is 0 Å². The van der Waals surface area contributed by atoms with Crippen LogP contribution in [-0.2, 0) is 4.74 Å². The van der Waals surface area contributed by atoms with Crippen molar-refractivity contribution in [3.63, 3.8) is 0 Å². The summed E-state index contributed by atoms with van der Waals surface area (Å²) < 4.78 is 16.8. The Labute approximate surface area is 183 Å².